The zero-order chi connectivity index (χ0) is 12.8. The fourth-order valence-corrected chi connectivity index (χ4v) is 1.46. The van der Waals surface area contributed by atoms with E-state index in [1.807, 2.05) is 30.3 Å². The van der Waals surface area contributed by atoms with Gasteiger partial charge in [-0.05, 0) is 0 Å². The molecule has 18 heavy (non-hydrogen) atoms. The number of aromatic amines is 1. The van der Waals surface area contributed by atoms with Gasteiger partial charge < -0.3 is 4.74 Å². The zero-order valence-corrected chi connectivity index (χ0v) is 9.64. The number of alkyl halides is 2. The van der Waals surface area contributed by atoms with Crippen molar-refractivity contribution in [3.8, 4) is 11.4 Å². The number of hydrogen-bond donors (Lipinski definition) is 1. The van der Waals surface area contributed by atoms with Crippen LogP contribution in [0.2, 0.25) is 0 Å². The highest BCUT2D eigenvalue weighted by Crippen LogP contribution is 2.13. The van der Waals surface area contributed by atoms with E-state index in [9.17, 15) is 8.78 Å². The van der Waals surface area contributed by atoms with Crippen LogP contribution in [0.4, 0.5) is 8.78 Å². The maximum absolute atomic E-state index is 11.8. The molecule has 0 fully saturated rings. The molecular weight excluding hydrogens is 240 g/mol. The van der Waals surface area contributed by atoms with Crippen molar-refractivity contribution in [1.82, 2.24) is 15.2 Å². The molecule has 0 atom stereocenters. The second-order valence-corrected chi connectivity index (χ2v) is 3.69. The third-order valence-corrected chi connectivity index (χ3v) is 2.29. The summed E-state index contributed by atoms with van der Waals surface area (Å²) in [6.07, 6.45) is -1.99. The Morgan fingerprint density at radius 2 is 2.00 bits per heavy atom. The molecule has 0 saturated heterocycles. The summed E-state index contributed by atoms with van der Waals surface area (Å²) in [5.74, 6) is 1.22. The van der Waals surface area contributed by atoms with E-state index in [1.54, 1.807) is 0 Å². The monoisotopic (exact) mass is 253 g/mol. The first-order valence-corrected chi connectivity index (χ1v) is 5.58. The van der Waals surface area contributed by atoms with Crippen LogP contribution < -0.4 is 0 Å². The van der Waals surface area contributed by atoms with Gasteiger partial charge in [0, 0.05) is 12.0 Å². The van der Waals surface area contributed by atoms with Gasteiger partial charge in [0.15, 0.2) is 5.82 Å². The smallest absolute Gasteiger partial charge is 0.261 e. The first kappa shape index (κ1) is 12.6. The molecule has 0 amide bonds. The molecule has 1 N–H and O–H groups in total. The highest BCUT2D eigenvalue weighted by atomic mass is 19.3. The fraction of sp³-hybridized carbons (Fsp3) is 0.333. The van der Waals surface area contributed by atoms with Crippen molar-refractivity contribution >= 4 is 0 Å². The molecule has 0 unspecified atom stereocenters. The number of benzene rings is 1. The maximum atomic E-state index is 11.8. The SMILES string of the molecule is FC(F)COCCc1nc(-c2ccccc2)n[nH]1. The molecule has 2 rings (SSSR count). The van der Waals surface area contributed by atoms with Crippen molar-refractivity contribution < 1.29 is 13.5 Å². The van der Waals surface area contributed by atoms with Crippen LogP contribution in [0.5, 0.6) is 0 Å². The van der Waals surface area contributed by atoms with Crippen molar-refractivity contribution in [3.05, 3.63) is 36.2 Å². The number of nitrogens with zero attached hydrogens (tertiary/aromatic N) is 2. The highest BCUT2D eigenvalue weighted by Gasteiger charge is 2.06. The van der Waals surface area contributed by atoms with E-state index in [1.165, 1.54) is 0 Å². The molecule has 6 heteroatoms. The van der Waals surface area contributed by atoms with E-state index in [-0.39, 0.29) is 6.61 Å². The lowest BCUT2D eigenvalue weighted by Gasteiger charge is -2.00. The van der Waals surface area contributed by atoms with Gasteiger partial charge in [-0.25, -0.2) is 13.8 Å². The van der Waals surface area contributed by atoms with Gasteiger partial charge in [-0.2, -0.15) is 5.10 Å². The van der Waals surface area contributed by atoms with Gasteiger partial charge in [0.1, 0.15) is 12.4 Å². The summed E-state index contributed by atoms with van der Waals surface area (Å²) < 4.78 is 28.4. The quantitative estimate of drug-likeness (QED) is 0.804. The lowest BCUT2D eigenvalue weighted by atomic mass is 10.2. The molecule has 1 aromatic carbocycles. The Balaban J connectivity index is 1.87. The molecule has 0 aliphatic rings. The van der Waals surface area contributed by atoms with Gasteiger partial charge >= 0.3 is 0 Å². The standard InChI is InChI=1S/C12H13F2N3O/c13-10(14)8-18-7-6-11-15-12(17-16-11)9-4-2-1-3-5-9/h1-5,10H,6-8H2,(H,15,16,17). The molecule has 0 saturated carbocycles. The fourth-order valence-electron chi connectivity index (χ4n) is 1.46. The van der Waals surface area contributed by atoms with Crippen LogP contribution in [0.3, 0.4) is 0 Å². The largest absolute Gasteiger partial charge is 0.375 e. The van der Waals surface area contributed by atoms with Crippen LogP contribution in [-0.2, 0) is 11.2 Å². The maximum Gasteiger partial charge on any atom is 0.261 e. The Hall–Kier alpha value is -1.82. The average molecular weight is 253 g/mol. The number of nitrogens with one attached hydrogen (secondary N) is 1. The molecule has 4 nitrogen and oxygen atoms in total. The van der Waals surface area contributed by atoms with Crippen molar-refractivity contribution in [1.29, 1.82) is 0 Å². The lowest BCUT2D eigenvalue weighted by molar-refractivity contribution is 0.0183. The Bertz CT molecular complexity index is 473. The molecule has 0 aliphatic heterocycles. The summed E-state index contributed by atoms with van der Waals surface area (Å²) in [5.41, 5.74) is 0.911. The topological polar surface area (TPSA) is 50.8 Å². The number of H-pyrrole nitrogens is 1. The molecule has 1 heterocycles. The number of aromatic nitrogens is 3. The molecule has 0 aliphatic carbocycles. The predicted octanol–water partition coefficient (Wildman–Crippen LogP) is 2.30. The van der Waals surface area contributed by atoms with Crippen LogP contribution in [0.1, 0.15) is 5.82 Å². The predicted molar refractivity (Wildman–Crippen MR) is 62.3 cm³/mol. The summed E-state index contributed by atoms with van der Waals surface area (Å²) in [5, 5.41) is 6.82. The second-order valence-electron chi connectivity index (χ2n) is 3.69. The van der Waals surface area contributed by atoms with Crippen LogP contribution in [0.25, 0.3) is 11.4 Å². The summed E-state index contributed by atoms with van der Waals surface area (Å²) in [7, 11) is 0. The third-order valence-electron chi connectivity index (χ3n) is 2.29. The number of hydrogen-bond acceptors (Lipinski definition) is 3. The average Bonchev–Trinajstić information content (AvgIpc) is 2.84. The van der Waals surface area contributed by atoms with Crippen LogP contribution in [0.15, 0.2) is 30.3 Å². The molecule has 0 bridgehead atoms. The Labute approximate surface area is 103 Å². The first-order chi connectivity index (χ1) is 8.75. The van der Waals surface area contributed by atoms with Crippen LogP contribution >= 0.6 is 0 Å². The van der Waals surface area contributed by atoms with Gasteiger partial charge in [0.2, 0.25) is 0 Å². The van der Waals surface area contributed by atoms with Gasteiger partial charge in [0.25, 0.3) is 6.43 Å². The van der Waals surface area contributed by atoms with Gasteiger partial charge in [-0.15, -0.1) is 0 Å². The Morgan fingerprint density at radius 1 is 1.22 bits per heavy atom. The zero-order valence-electron chi connectivity index (χ0n) is 9.64. The van der Waals surface area contributed by atoms with Gasteiger partial charge in [0.05, 0.1) is 6.61 Å². The normalized spacial score (nSPS) is 11.1. The highest BCUT2D eigenvalue weighted by molar-refractivity contribution is 5.53. The van der Waals surface area contributed by atoms with E-state index >= 15 is 0 Å². The molecule has 2 aromatic rings. The van der Waals surface area contributed by atoms with E-state index in [0.29, 0.717) is 18.1 Å². The van der Waals surface area contributed by atoms with Crippen molar-refractivity contribution in [2.45, 2.75) is 12.8 Å². The number of rotatable bonds is 6. The molecule has 96 valence electrons. The van der Waals surface area contributed by atoms with Crippen LogP contribution in [0, 0.1) is 0 Å². The first-order valence-electron chi connectivity index (χ1n) is 5.58. The van der Waals surface area contributed by atoms with Crippen molar-refractivity contribution in [3.63, 3.8) is 0 Å². The van der Waals surface area contributed by atoms with Gasteiger partial charge in [-0.3, -0.25) is 5.10 Å². The summed E-state index contributed by atoms with van der Waals surface area (Å²) in [4.78, 5) is 4.26. The minimum atomic E-state index is -2.43. The number of halogens is 2. The molecule has 1 aromatic heterocycles. The second kappa shape index (κ2) is 6.20. The third kappa shape index (κ3) is 3.59. The minimum absolute atomic E-state index is 0.202. The van der Waals surface area contributed by atoms with E-state index in [2.05, 4.69) is 15.2 Å². The van der Waals surface area contributed by atoms with Crippen LogP contribution in [-0.4, -0.2) is 34.8 Å². The van der Waals surface area contributed by atoms with E-state index in [0.717, 1.165) is 5.56 Å². The molecule has 0 radical (unpaired) electrons. The van der Waals surface area contributed by atoms with E-state index < -0.39 is 13.0 Å². The Kier molecular flexibility index (Phi) is 4.35. The summed E-state index contributed by atoms with van der Waals surface area (Å²) in [6, 6.07) is 9.52. The minimum Gasteiger partial charge on any atom is -0.375 e. The van der Waals surface area contributed by atoms with Crippen molar-refractivity contribution in [2.75, 3.05) is 13.2 Å². The molecule has 0 spiro atoms. The van der Waals surface area contributed by atoms with E-state index in [4.69, 9.17) is 4.74 Å². The molecular formula is C12H13F2N3O. The number of ether oxygens (including phenoxy) is 1. The summed E-state index contributed by atoms with van der Waals surface area (Å²) in [6.45, 7) is -0.340. The van der Waals surface area contributed by atoms with Gasteiger partial charge in [-0.1, -0.05) is 30.3 Å². The summed E-state index contributed by atoms with van der Waals surface area (Å²) >= 11 is 0. The Morgan fingerprint density at radius 3 is 2.72 bits per heavy atom. The van der Waals surface area contributed by atoms with Crippen molar-refractivity contribution in [2.24, 2.45) is 0 Å². The lowest BCUT2D eigenvalue weighted by Crippen LogP contribution is -2.07.